The van der Waals surface area contributed by atoms with Gasteiger partial charge in [-0.15, -0.1) is 0 Å². The highest BCUT2D eigenvalue weighted by Gasteiger charge is 2.17. The first kappa shape index (κ1) is 22.3. The van der Waals surface area contributed by atoms with Gasteiger partial charge in [-0.2, -0.15) is 0 Å². The molecule has 160 valence electrons. The van der Waals surface area contributed by atoms with E-state index in [9.17, 15) is 10.0 Å². The Morgan fingerprint density at radius 2 is 1.58 bits per heavy atom. The maximum atomic E-state index is 12.3. The summed E-state index contributed by atoms with van der Waals surface area (Å²) in [6.07, 6.45) is 6.21. The smallest absolute Gasteiger partial charge is 0.270 e. The second-order valence-corrected chi connectivity index (χ2v) is 7.46. The SMILES string of the molecule is CC(c1ccccc1)N(O)C(=O)/C=C/c1ccc(OCCCCc2ccccc2)cc1. The number of carbonyl (C=O) groups excluding carboxylic acids is 1. The summed E-state index contributed by atoms with van der Waals surface area (Å²) in [6, 6.07) is 27.0. The molecule has 3 rings (SSSR count). The molecular weight excluding hydrogens is 386 g/mol. The Labute approximate surface area is 184 Å². The van der Waals surface area contributed by atoms with E-state index in [4.69, 9.17) is 4.74 Å². The van der Waals surface area contributed by atoms with Gasteiger partial charge >= 0.3 is 0 Å². The van der Waals surface area contributed by atoms with Crippen LogP contribution in [0.25, 0.3) is 6.08 Å². The zero-order valence-electron chi connectivity index (χ0n) is 17.9. The molecule has 0 saturated heterocycles. The molecule has 0 saturated carbocycles. The van der Waals surface area contributed by atoms with E-state index in [1.54, 1.807) is 13.0 Å². The maximum absolute atomic E-state index is 12.3. The Morgan fingerprint density at radius 1 is 0.935 bits per heavy atom. The molecule has 31 heavy (non-hydrogen) atoms. The van der Waals surface area contributed by atoms with E-state index >= 15 is 0 Å². The quantitative estimate of drug-likeness (QED) is 0.189. The number of nitrogens with zero attached hydrogens (tertiary/aromatic N) is 1. The molecule has 4 heteroatoms. The van der Waals surface area contributed by atoms with Crippen LogP contribution in [0.15, 0.2) is 91.0 Å². The van der Waals surface area contributed by atoms with Gasteiger partial charge in [-0.3, -0.25) is 10.0 Å². The fourth-order valence-electron chi connectivity index (χ4n) is 3.25. The number of benzene rings is 3. The van der Waals surface area contributed by atoms with Crippen molar-refractivity contribution < 1.29 is 14.7 Å². The minimum Gasteiger partial charge on any atom is -0.494 e. The molecule has 0 aliphatic heterocycles. The van der Waals surface area contributed by atoms with Gasteiger partial charge in [-0.25, -0.2) is 5.06 Å². The van der Waals surface area contributed by atoms with Gasteiger partial charge in [0.2, 0.25) is 0 Å². The summed E-state index contributed by atoms with van der Waals surface area (Å²) < 4.78 is 5.80. The van der Waals surface area contributed by atoms with Gasteiger partial charge in [-0.05, 0) is 61.1 Å². The lowest BCUT2D eigenvalue weighted by molar-refractivity contribution is -0.169. The number of amides is 1. The lowest BCUT2D eigenvalue weighted by Gasteiger charge is -2.21. The molecular formula is C27H29NO3. The highest BCUT2D eigenvalue weighted by Crippen LogP contribution is 2.19. The average Bonchev–Trinajstić information content (AvgIpc) is 2.83. The number of carbonyl (C=O) groups is 1. The molecule has 1 amide bonds. The van der Waals surface area contributed by atoms with Gasteiger partial charge in [0.25, 0.3) is 5.91 Å². The summed E-state index contributed by atoms with van der Waals surface area (Å²) in [4.78, 5) is 12.3. The van der Waals surface area contributed by atoms with Gasteiger partial charge in [0, 0.05) is 6.08 Å². The zero-order valence-corrected chi connectivity index (χ0v) is 17.9. The Bertz CT molecular complexity index is 953. The van der Waals surface area contributed by atoms with Gasteiger partial charge < -0.3 is 4.74 Å². The Balaban J connectivity index is 1.42. The van der Waals surface area contributed by atoms with Crippen molar-refractivity contribution in [3.63, 3.8) is 0 Å². The van der Waals surface area contributed by atoms with Crippen molar-refractivity contribution in [3.05, 3.63) is 108 Å². The number of hydroxylamine groups is 2. The van der Waals surface area contributed by atoms with E-state index in [0.717, 1.165) is 41.2 Å². The van der Waals surface area contributed by atoms with Crippen molar-refractivity contribution in [1.82, 2.24) is 5.06 Å². The predicted octanol–water partition coefficient (Wildman–Crippen LogP) is 6.08. The molecule has 4 nitrogen and oxygen atoms in total. The summed E-state index contributed by atoms with van der Waals surface area (Å²) in [5.74, 6) is 0.347. The molecule has 0 radical (unpaired) electrons. The number of unbranched alkanes of at least 4 members (excludes halogenated alkanes) is 1. The number of ether oxygens (including phenoxy) is 1. The van der Waals surface area contributed by atoms with E-state index in [-0.39, 0.29) is 0 Å². The standard InChI is InChI=1S/C27H29NO3/c1-22(25-13-6-3-7-14-25)28(30)27(29)20-17-24-15-18-26(19-16-24)31-21-9-8-12-23-10-4-2-5-11-23/h2-7,10-11,13-20,22,30H,8-9,12,21H2,1H3/b20-17+. The molecule has 0 aliphatic rings. The summed E-state index contributed by atoms with van der Waals surface area (Å²) in [6.45, 7) is 2.46. The molecule has 3 aromatic rings. The number of aryl methyl sites for hydroxylation is 1. The van der Waals surface area contributed by atoms with Crippen LogP contribution in [-0.4, -0.2) is 22.8 Å². The van der Waals surface area contributed by atoms with Crippen LogP contribution in [-0.2, 0) is 11.2 Å². The van der Waals surface area contributed by atoms with Crippen molar-refractivity contribution in [1.29, 1.82) is 0 Å². The van der Waals surface area contributed by atoms with Gasteiger partial charge in [0.05, 0.1) is 12.6 Å². The van der Waals surface area contributed by atoms with Crippen molar-refractivity contribution in [3.8, 4) is 5.75 Å². The molecule has 0 aromatic heterocycles. The van der Waals surface area contributed by atoms with Gasteiger partial charge in [0.1, 0.15) is 5.75 Å². The van der Waals surface area contributed by atoms with E-state index < -0.39 is 11.9 Å². The van der Waals surface area contributed by atoms with Crippen LogP contribution in [0, 0.1) is 0 Å². The second-order valence-electron chi connectivity index (χ2n) is 7.46. The molecule has 1 unspecified atom stereocenters. The first-order chi connectivity index (χ1) is 15.1. The van der Waals surface area contributed by atoms with Crippen molar-refractivity contribution in [2.75, 3.05) is 6.61 Å². The molecule has 0 bridgehead atoms. The van der Waals surface area contributed by atoms with Gasteiger partial charge in [-0.1, -0.05) is 72.8 Å². The monoisotopic (exact) mass is 415 g/mol. The average molecular weight is 416 g/mol. The van der Waals surface area contributed by atoms with Crippen LogP contribution in [0.5, 0.6) is 5.75 Å². The fraction of sp³-hybridized carbons (Fsp3) is 0.222. The predicted molar refractivity (Wildman–Crippen MR) is 124 cm³/mol. The highest BCUT2D eigenvalue weighted by atomic mass is 16.5. The van der Waals surface area contributed by atoms with Crippen LogP contribution in [0.1, 0.15) is 42.5 Å². The van der Waals surface area contributed by atoms with Crippen molar-refractivity contribution in [2.24, 2.45) is 0 Å². The van der Waals surface area contributed by atoms with Crippen LogP contribution in [0.4, 0.5) is 0 Å². The number of hydrogen-bond donors (Lipinski definition) is 1. The molecule has 1 N–H and O–H groups in total. The van der Waals surface area contributed by atoms with Crippen molar-refractivity contribution >= 4 is 12.0 Å². The molecule has 3 aromatic carbocycles. The van der Waals surface area contributed by atoms with E-state index in [1.807, 2.05) is 60.7 Å². The van der Waals surface area contributed by atoms with E-state index in [1.165, 1.54) is 11.6 Å². The van der Waals surface area contributed by atoms with Gasteiger partial charge in [0.15, 0.2) is 0 Å². The summed E-state index contributed by atoms with van der Waals surface area (Å²) in [5, 5.41) is 10.9. The molecule has 0 spiro atoms. The number of hydrogen-bond acceptors (Lipinski definition) is 3. The third-order valence-electron chi connectivity index (χ3n) is 5.14. The summed E-state index contributed by atoms with van der Waals surface area (Å²) in [7, 11) is 0. The molecule has 0 fully saturated rings. The van der Waals surface area contributed by atoms with E-state index in [2.05, 4.69) is 24.3 Å². The Kier molecular flexibility index (Phi) is 8.44. The fourth-order valence-corrected chi connectivity index (χ4v) is 3.25. The molecule has 0 heterocycles. The maximum Gasteiger partial charge on any atom is 0.270 e. The first-order valence-electron chi connectivity index (χ1n) is 10.7. The van der Waals surface area contributed by atoms with Crippen molar-refractivity contribution in [2.45, 2.75) is 32.2 Å². The second kappa shape index (κ2) is 11.7. The molecule has 0 aliphatic carbocycles. The summed E-state index contributed by atoms with van der Waals surface area (Å²) in [5.41, 5.74) is 3.09. The number of rotatable bonds is 10. The third kappa shape index (κ3) is 7.12. The zero-order chi connectivity index (χ0) is 21.9. The molecule has 1 atom stereocenters. The minimum atomic E-state index is -0.463. The Hall–Kier alpha value is -3.37. The van der Waals surface area contributed by atoms with Crippen LogP contribution in [0.3, 0.4) is 0 Å². The van der Waals surface area contributed by atoms with E-state index in [0.29, 0.717) is 6.61 Å². The van der Waals surface area contributed by atoms with Crippen LogP contribution < -0.4 is 4.74 Å². The first-order valence-corrected chi connectivity index (χ1v) is 10.7. The lowest BCUT2D eigenvalue weighted by atomic mass is 10.1. The topological polar surface area (TPSA) is 49.8 Å². The largest absolute Gasteiger partial charge is 0.494 e. The Morgan fingerprint density at radius 3 is 2.26 bits per heavy atom. The lowest BCUT2D eigenvalue weighted by Crippen LogP contribution is -2.28. The van der Waals surface area contributed by atoms with Crippen LogP contribution in [0.2, 0.25) is 0 Å². The minimum absolute atomic E-state index is 0.420. The summed E-state index contributed by atoms with van der Waals surface area (Å²) >= 11 is 0. The third-order valence-corrected chi connectivity index (χ3v) is 5.14. The van der Waals surface area contributed by atoms with Crippen LogP contribution >= 0.6 is 0 Å². The normalized spacial score (nSPS) is 11.9. The highest BCUT2D eigenvalue weighted by molar-refractivity contribution is 5.91.